The Hall–Kier alpha value is -4.11. The van der Waals surface area contributed by atoms with E-state index in [4.69, 9.17) is 9.98 Å². The number of fused-ring (bicyclic) bond motifs is 14. The van der Waals surface area contributed by atoms with E-state index in [1.807, 2.05) is 32.1 Å². The van der Waals surface area contributed by atoms with Crippen LogP contribution in [0.4, 0.5) is 5.82 Å². The number of carbonyl (C=O) groups excluding carboxylic acids is 4. The number of amidine groups is 1. The first-order chi connectivity index (χ1) is 25.4. The summed E-state index contributed by atoms with van der Waals surface area (Å²) in [6, 6.07) is 0. The van der Waals surface area contributed by atoms with Crippen LogP contribution in [0.2, 0.25) is 0 Å². The minimum absolute atomic E-state index is 0.00823. The van der Waals surface area contributed by atoms with Crippen molar-refractivity contribution in [2.45, 2.75) is 62.2 Å². The quantitative estimate of drug-likeness (QED) is 0.0723. The number of thioether (sulfide) groups is 2. The summed E-state index contributed by atoms with van der Waals surface area (Å²) in [7, 11) is -2.83. The molecule has 0 aromatic carbocycles. The molecule has 10 nitrogen and oxygen atoms in total. The van der Waals surface area contributed by atoms with Crippen LogP contribution in [0, 0.1) is 11.8 Å². The predicted molar refractivity (Wildman–Crippen MR) is 221 cm³/mol. The summed E-state index contributed by atoms with van der Waals surface area (Å²) in [4.78, 5) is 70.8. The summed E-state index contributed by atoms with van der Waals surface area (Å²) in [5.41, 5.74) is 7.39. The maximum atomic E-state index is 14.0. The number of carbonyl (C=O) groups is 4. The molecule has 1 aliphatic carbocycles. The van der Waals surface area contributed by atoms with E-state index in [9.17, 15) is 19.2 Å². The second-order valence-corrected chi connectivity index (χ2v) is 21.7. The lowest BCUT2D eigenvalue weighted by Crippen LogP contribution is -2.29. The number of hydrogen-bond acceptors (Lipinski definition) is 10. The van der Waals surface area contributed by atoms with E-state index < -0.39 is 8.75 Å². The topological polar surface area (TPSA) is 149 Å². The Morgan fingerprint density at radius 1 is 1.13 bits per heavy atom. The number of aromatic nitrogens is 2. The highest BCUT2D eigenvalue weighted by molar-refractivity contribution is 8.76. The fourth-order valence-corrected chi connectivity index (χ4v) is 18.1. The zero-order valence-electron chi connectivity index (χ0n) is 29.5. The average Bonchev–Trinajstić information content (AvgIpc) is 3.44. The molecule has 8 bridgehead atoms. The van der Waals surface area contributed by atoms with Crippen molar-refractivity contribution in [1.29, 1.82) is 0 Å². The van der Waals surface area contributed by atoms with Crippen LogP contribution in [-0.4, -0.2) is 52.3 Å². The highest BCUT2D eigenvalue weighted by Gasteiger charge is 2.89. The van der Waals surface area contributed by atoms with Gasteiger partial charge in [-0.25, -0.2) is 9.98 Å². The number of aliphatic imine (C=N–C) groups is 1. The van der Waals surface area contributed by atoms with Crippen LogP contribution in [0.1, 0.15) is 73.2 Å². The van der Waals surface area contributed by atoms with Crippen LogP contribution < -0.4 is 21.5 Å². The Labute approximate surface area is 320 Å². The fraction of sp³-hybridized carbons (Fsp3) is 0.308. The van der Waals surface area contributed by atoms with Crippen molar-refractivity contribution in [2.75, 3.05) is 0 Å². The van der Waals surface area contributed by atoms with Crippen molar-refractivity contribution in [3.63, 3.8) is 0 Å². The summed E-state index contributed by atoms with van der Waals surface area (Å²) >= 11 is 6.31. The molecule has 8 heterocycles. The van der Waals surface area contributed by atoms with Crippen molar-refractivity contribution in [3.8, 4) is 0 Å². The highest BCUT2D eigenvalue weighted by Crippen LogP contribution is 3.05. The molecule has 3 fully saturated rings. The molecule has 7 aliphatic rings. The zero-order chi connectivity index (χ0) is 37.3. The molecule has 0 radical (unpaired) electrons. The average molecular weight is 783 g/mol. The van der Waals surface area contributed by atoms with E-state index in [-0.39, 0.29) is 55.3 Å². The van der Waals surface area contributed by atoms with Gasteiger partial charge in [-0.15, -0.1) is 21.4 Å². The van der Waals surface area contributed by atoms with E-state index >= 15 is 0 Å². The van der Waals surface area contributed by atoms with Gasteiger partial charge in [-0.1, -0.05) is 81.8 Å². The molecule has 6 atom stereocenters. The molecule has 4 N–H and O–H groups in total. The normalized spacial score (nSPS) is 28.6. The number of allylic oxidation sites excluding steroid dienone is 3. The number of rotatable bonds is 9. The van der Waals surface area contributed by atoms with Crippen LogP contribution in [0.15, 0.2) is 69.4 Å². The molecule has 2 aromatic rings. The second kappa shape index (κ2) is 11.7. The molecule has 53 heavy (non-hydrogen) atoms. The van der Waals surface area contributed by atoms with Crippen molar-refractivity contribution in [3.05, 3.63) is 98.2 Å². The Morgan fingerprint density at radius 3 is 2.62 bits per heavy atom. The Balaban J connectivity index is 1.32. The van der Waals surface area contributed by atoms with Gasteiger partial charge in [0.25, 0.3) is 0 Å². The van der Waals surface area contributed by atoms with Gasteiger partial charge in [0.1, 0.15) is 23.0 Å². The number of thiol groups is 1. The van der Waals surface area contributed by atoms with Gasteiger partial charge in [-0.2, -0.15) is 0 Å². The van der Waals surface area contributed by atoms with Gasteiger partial charge in [-0.05, 0) is 42.6 Å². The Morgan fingerprint density at radius 2 is 1.91 bits per heavy atom. The molecule has 6 unspecified atom stereocenters. The van der Waals surface area contributed by atoms with Crippen LogP contribution in [0.25, 0.3) is 17.1 Å². The molecular weight excluding hydrogens is 745 g/mol. The number of nitrogens with zero attached hydrogens (tertiary/aromatic N) is 2. The standard InChI is InChI=1S/C39H38N6O4S4/c1-7-21-29(20(6)51-15-46)23-14-26-43-37(33-24-11-12-25-39(49)53(24,25,26)33)44-34(18(4)16(2)9-8-10-27(47)50)40-17(3)13-22-30-28-19(5)32(52-38(28)48)31(30)36(42-22)45-35(21)41-23/h8-9,11-16,19,24-25,28,32,42-43H,4,6-7,10H2,1-3,5H3,(H,40,44)(H,41,45)(H,47,50)/b9-8-,17-13?,23-14?. The lowest BCUT2D eigenvalue weighted by Gasteiger charge is -2.18. The van der Waals surface area contributed by atoms with Crippen molar-refractivity contribution >= 4 is 99.6 Å². The second-order valence-electron chi connectivity index (χ2n) is 14.5. The maximum Gasteiger partial charge on any atom is 0.197 e. The first-order valence-corrected chi connectivity index (χ1v) is 22.0. The number of H-pyrrole nitrogens is 2. The van der Waals surface area contributed by atoms with E-state index in [0.717, 1.165) is 66.3 Å². The minimum Gasteiger partial charge on any atom is -0.344 e. The summed E-state index contributed by atoms with van der Waals surface area (Å²) in [6.45, 7) is 16.9. The first kappa shape index (κ1) is 34.6. The van der Waals surface area contributed by atoms with Gasteiger partial charge in [0.2, 0.25) is 0 Å². The van der Waals surface area contributed by atoms with E-state index in [0.29, 0.717) is 39.9 Å². The number of hydrogen-bond donors (Lipinski definition) is 5. The van der Waals surface area contributed by atoms with E-state index in [1.165, 1.54) is 11.8 Å². The Bertz CT molecular complexity index is 2580. The van der Waals surface area contributed by atoms with Gasteiger partial charge in [0, 0.05) is 60.7 Å². The molecule has 0 saturated carbocycles. The molecular formula is C39H38N6O4S4. The summed E-state index contributed by atoms with van der Waals surface area (Å²) < 4.78 is 0. The van der Waals surface area contributed by atoms with Crippen LogP contribution in [0.5, 0.6) is 0 Å². The minimum atomic E-state index is -2.83. The van der Waals surface area contributed by atoms with Gasteiger partial charge >= 0.3 is 0 Å². The van der Waals surface area contributed by atoms with Gasteiger partial charge < -0.3 is 20.6 Å². The molecule has 14 heteroatoms. The van der Waals surface area contributed by atoms with Crippen LogP contribution in [0.3, 0.4) is 0 Å². The zero-order valence-corrected chi connectivity index (χ0v) is 32.9. The molecule has 3 saturated heterocycles. The molecule has 0 amide bonds. The largest absolute Gasteiger partial charge is 0.344 e. The molecule has 6 aliphatic heterocycles. The smallest absolute Gasteiger partial charge is 0.197 e. The SMILES string of the molecule is C=C(SC=O)c1c(CC)c2[nH]c1=CC1=S345C(=O)C3C=CC4C5=C(N=C(C(=C)C(C)/C=C\CC(=O)S)NC(C)=Cc3[nH]c(c4c3C3C(=O)SC4C3C)N=2)N1. The van der Waals surface area contributed by atoms with Crippen molar-refractivity contribution in [1.82, 2.24) is 20.6 Å². The van der Waals surface area contributed by atoms with E-state index in [2.05, 4.69) is 72.4 Å². The van der Waals surface area contributed by atoms with Gasteiger partial charge in [0.15, 0.2) is 21.0 Å². The highest BCUT2D eigenvalue weighted by atomic mass is 32.3. The lowest BCUT2D eigenvalue weighted by molar-refractivity contribution is -0.112. The summed E-state index contributed by atoms with van der Waals surface area (Å²) in [5.74, 6) is 1.52. The molecule has 1 spiro atoms. The Kier molecular flexibility index (Phi) is 7.64. The van der Waals surface area contributed by atoms with Crippen LogP contribution >= 0.6 is 44.9 Å². The molecule has 9 rings (SSSR count). The predicted octanol–water partition coefficient (Wildman–Crippen LogP) is 5.64. The van der Waals surface area contributed by atoms with Crippen molar-refractivity contribution in [2.24, 2.45) is 21.8 Å². The fourth-order valence-electron chi connectivity index (χ4n) is 9.30. The monoisotopic (exact) mass is 782 g/mol. The summed E-state index contributed by atoms with van der Waals surface area (Å²) in [6.07, 6.45) is 12.7. The van der Waals surface area contributed by atoms with Gasteiger partial charge in [0.05, 0.1) is 21.5 Å². The van der Waals surface area contributed by atoms with E-state index in [1.54, 1.807) is 6.08 Å². The lowest BCUT2D eigenvalue weighted by atomic mass is 9.95. The first-order valence-electron chi connectivity index (χ1n) is 17.6. The summed E-state index contributed by atoms with van der Waals surface area (Å²) in [5, 5.41) is 7.83. The van der Waals surface area contributed by atoms with Crippen LogP contribution in [-0.2, 0) is 25.6 Å². The number of aromatic amines is 2. The van der Waals surface area contributed by atoms with Crippen molar-refractivity contribution < 1.29 is 19.2 Å². The third kappa shape index (κ3) is 4.37. The number of nitrogens with one attached hydrogen (secondary N) is 4. The molecule has 272 valence electrons. The molecule has 2 aromatic heterocycles. The third-order valence-electron chi connectivity index (χ3n) is 11.8. The maximum absolute atomic E-state index is 14.0. The van der Waals surface area contributed by atoms with Gasteiger partial charge in [-0.3, -0.25) is 19.2 Å². The third-order valence-corrected chi connectivity index (χ3v) is 20.1.